The molecule has 1 N–H and O–H groups in total. The van der Waals surface area contributed by atoms with E-state index < -0.39 is 0 Å². The van der Waals surface area contributed by atoms with Gasteiger partial charge >= 0.3 is 0 Å². The number of amides is 1. The smallest absolute Gasteiger partial charge is 0.244 e. The molecule has 0 bridgehead atoms. The maximum Gasteiger partial charge on any atom is 0.244 e. The van der Waals surface area contributed by atoms with Crippen molar-refractivity contribution in [1.82, 2.24) is 5.32 Å². The first kappa shape index (κ1) is 17.5. The Hall–Kier alpha value is -2.82. The van der Waals surface area contributed by atoms with Crippen molar-refractivity contribution in [2.45, 2.75) is 13.5 Å². The summed E-state index contributed by atoms with van der Waals surface area (Å²) in [4.78, 5) is 11.9. The van der Waals surface area contributed by atoms with Crippen molar-refractivity contribution in [1.29, 1.82) is 0 Å². The number of benzene rings is 2. The standard InChI is InChI=1S/C19H20FNO3/c1-3-24-18-12-14(8-10-17(18)23-2)9-11-19(22)21-13-15-6-4-5-7-16(15)20/h4-12H,3,13H2,1-2H3,(H,21,22)/b11-9+. The van der Waals surface area contributed by atoms with Crippen LogP contribution in [0.15, 0.2) is 48.5 Å². The monoisotopic (exact) mass is 329 g/mol. The van der Waals surface area contributed by atoms with E-state index >= 15 is 0 Å². The fraction of sp³-hybridized carbons (Fsp3) is 0.211. The van der Waals surface area contributed by atoms with Crippen LogP contribution in [0, 0.1) is 5.82 Å². The Balaban J connectivity index is 1.98. The maximum absolute atomic E-state index is 13.5. The zero-order valence-corrected chi connectivity index (χ0v) is 13.7. The highest BCUT2D eigenvalue weighted by Crippen LogP contribution is 2.28. The summed E-state index contributed by atoms with van der Waals surface area (Å²) in [5.41, 5.74) is 1.25. The van der Waals surface area contributed by atoms with Crippen molar-refractivity contribution in [3.63, 3.8) is 0 Å². The van der Waals surface area contributed by atoms with Crippen LogP contribution in [0.1, 0.15) is 18.1 Å². The van der Waals surface area contributed by atoms with Gasteiger partial charge in [0.15, 0.2) is 11.5 Å². The SMILES string of the molecule is CCOc1cc(/C=C/C(=O)NCc2ccccc2F)ccc1OC. The molecule has 0 aliphatic rings. The number of ether oxygens (including phenoxy) is 2. The molecule has 0 saturated heterocycles. The molecule has 2 aromatic carbocycles. The highest BCUT2D eigenvalue weighted by molar-refractivity contribution is 5.91. The number of methoxy groups -OCH3 is 1. The molecule has 0 saturated carbocycles. The summed E-state index contributed by atoms with van der Waals surface area (Å²) in [5.74, 6) is 0.622. The first-order valence-corrected chi connectivity index (χ1v) is 7.64. The number of hydrogen-bond acceptors (Lipinski definition) is 3. The van der Waals surface area contributed by atoms with Crippen LogP contribution < -0.4 is 14.8 Å². The summed E-state index contributed by atoms with van der Waals surface area (Å²) >= 11 is 0. The Morgan fingerprint density at radius 2 is 2.00 bits per heavy atom. The molecule has 0 unspecified atom stereocenters. The first-order valence-electron chi connectivity index (χ1n) is 7.64. The van der Waals surface area contributed by atoms with Gasteiger partial charge in [-0.25, -0.2) is 4.39 Å². The third-order valence-corrected chi connectivity index (χ3v) is 3.33. The molecule has 2 aromatic rings. The lowest BCUT2D eigenvalue weighted by Gasteiger charge is -2.09. The summed E-state index contributed by atoms with van der Waals surface area (Å²) < 4.78 is 24.2. The van der Waals surface area contributed by atoms with Crippen LogP contribution in [0.3, 0.4) is 0 Å². The van der Waals surface area contributed by atoms with Gasteiger partial charge in [0.05, 0.1) is 13.7 Å². The third kappa shape index (κ3) is 4.84. The lowest BCUT2D eigenvalue weighted by Crippen LogP contribution is -2.20. The van der Waals surface area contributed by atoms with E-state index in [1.165, 1.54) is 12.1 Å². The van der Waals surface area contributed by atoms with E-state index in [9.17, 15) is 9.18 Å². The number of carbonyl (C=O) groups is 1. The van der Waals surface area contributed by atoms with Crippen LogP contribution >= 0.6 is 0 Å². The van der Waals surface area contributed by atoms with Gasteiger partial charge in [0.1, 0.15) is 5.82 Å². The Morgan fingerprint density at radius 3 is 2.71 bits per heavy atom. The van der Waals surface area contributed by atoms with Gasteiger partial charge in [0, 0.05) is 18.2 Å². The van der Waals surface area contributed by atoms with Crippen molar-refractivity contribution in [3.05, 3.63) is 65.5 Å². The molecule has 0 radical (unpaired) electrons. The third-order valence-electron chi connectivity index (χ3n) is 3.33. The molecule has 0 fully saturated rings. The molecule has 0 spiro atoms. The molecule has 0 heterocycles. The van der Waals surface area contributed by atoms with Crippen LogP contribution in [0.4, 0.5) is 4.39 Å². The number of rotatable bonds is 7. The summed E-state index contributed by atoms with van der Waals surface area (Å²) in [6.45, 7) is 2.55. The molecular weight excluding hydrogens is 309 g/mol. The van der Waals surface area contributed by atoms with E-state index in [0.717, 1.165) is 5.56 Å². The normalized spacial score (nSPS) is 10.6. The van der Waals surface area contributed by atoms with Crippen molar-refractivity contribution in [2.24, 2.45) is 0 Å². The molecule has 2 rings (SSSR count). The maximum atomic E-state index is 13.5. The quantitative estimate of drug-likeness (QED) is 0.790. The lowest BCUT2D eigenvalue weighted by atomic mass is 10.2. The summed E-state index contributed by atoms with van der Waals surface area (Å²) in [6, 6.07) is 11.7. The van der Waals surface area contributed by atoms with Crippen molar-refractivity contribution in [3.8, 4) is 11.5 Å². The number of nitrogens with one attached hydrogen (secondary N) is 1. The van der Waals surface area contributed by atoms with E-state index in [0.29, 0.717) is 23.7 Å². The fourth-order valence-electron chi connectivity index (χ4n) is 2.12. The molecule has 0 aliphatic heterocycles. The van der Waals surface area contributed by atoms with Crippen molar-refractivity contribution in [2.75, 3.05) is 13.7 Å². The second-order valence-corrected chi connectivity index (χ2v) is 4.99. The predicted octanol–water partition coefficient (Wildman–Crippen LogP) is 3.56. The lowest BCUT2D eigenvalue weighted by molar-refractivity contribution is -0.116. The van der Waals surface area contributed by atoms with Gasteiger partial charge in [-0.15, -0.1) is 0 Å². The molecule has 0 aromatic heterocycles. The molecule has 0 aliphatic carbocycles. The zero-order chi connectivity index (χ0) is 17.4. The van der Waals surface area contributed by atoms with Gasteiger partial charge < -0.3 is 14.8 Å². The summed E-state index contributed by atoms with van der Waals surface area (Å²) in [6.07, 6.45) is 3.07. The Labute approximate surface area is 140 Å². The Morgan fingerprint density at radius 1 is 1.21 bits per heavy atom. The fourth-order valence-corrected chi connectivity index (χ4v) is 2.12. The number of carbonyl (C=O) groups excluding carboxylic acids is 1. The van der Waals surface area contributed by atoms with Gasteiger partial charge in [-0.3, -0.25) is 4.79 Å². The van der Waals surface area contributed by atoms with Crippen LogP contribution in [0.25, 0.3) is 6.08 Å². The average molecular weight is 329 g/mol. The van der Waals surface area contributed by atoms with Crippen molar-refractivity contribution >= 4 is 12.0 Å². The van der Waals surface area contributed by atoms with Gasteiger partial charge in [0.25, 0.3) is 0 Å². The minimum atomic E-state index is -0.335. The highest BCUT2D eigenvalue weighted by Gasteiger charge is 2.05. The summed E-state index contributed by atoms with van der Waals surface area (Å²) in [7, 11) is 1.57. The average Bonchev–Trinajstić information content (AvgIpc) is 2.60. The largest absolute Gasteiger partial charge is 0.493 e. The molecule has 5 heteroatoms. The molecule has 24 heavy (non-hydrogen) atoms. The molecule has 4 nitrogen and oxygen atoms in total. The second kappa shape index (κ2) is 8.72. The molecule has 1 amide bonds. The van der Waals surface area contributed by atoms with Crippen molar-refractivity contribution < 1.29 is 18.7 Å². The van der Waals surface area contributed by atoms with Crippen LogP contribution in [0.2, 0.25) is 0 Å². The predicted molar refractivity (Wildman–Crippen MR) is 91.4 cm³/mol. The van der Waals surface area contributed by atoms with Crippen LogP contribution in [0.5, 0.6) is 11.5 Å². The van der Waals surface area contributed by atoms with Crippen LogP contribution in [-0.2, 0) is 11.3 Å². The van der Waals surface area contributed by atoms with Gasteiger partial charge in [0.2, 0.25) is 5.91 Å². The molecular formula is C19H20FNO3. The topological polar surface area (TPSA) is 47.6 Å². The summed E-state index contributed by atoms with van der Waals surface area (Å²) in [5, 5.41) is 2.65. The second-order valence-electron chi connectivity index (χ2n) is 4.99. The minimum Gasteiger partial charge on any atom is -0.493 e. The highest BCUT2D eigenvalue weighted by atomic mass is 19.1. The minimum absolute atomic E-state index is 0.142. The van der Waals surface area contributed by atoms with E-state index in [-0.39, 0.29) is 18.3 Å². The number of halogens is 1. The first-order chi connectivity index (χ1) is 11.6. The van der Waals surface area contributed by atoms with Crippen LogP contribution in [-0.4, -0.2) is 19.6 Å². The molecule has 126 valence electrons. The van der Waals surface area contributed by atoms with Gasteiger partial charge in [-0.2, -0.15) is 0 Å². The zero-order valence-electron chi connectivity index (χ0n) is 13.7. The Bertz CT molecular complexity index is 728. The van der Waals surface area contributed by atoms with E-state index in [1.807, 2.05) is 13.0 Å². The Kier molecular flexibility index (Phi) is 6.37. The van der Waals surface area contributed by atoms with Gasteiger partial charge in [-0.05, 0) is 36.8 Å². The molecule has 0 atom stereocenters. The van der Waals surface area contributed by atoms with Gasteiger partial charge in [-0.1, -0.05) is 24.3 Å². The number of hydrogen-bond donors (Lipinski definition) is 1. The van der Waals surface area contributed by atoms with E-state index in [1.54, 1.807) is 43.5 Å². The van der Waals surface area contributed by atoms with E-state index in [4.69, 9.17) is 9.47 Å². The van der Waals surface area contributed by atoms with E-state index in [2.05, 4.69) is 5.32 Å².